The van der Waals surface area contributed by atoms with E-state index in [-0.39, 0.29) is 16.7 Å². The van der Waals surface area contributed by atoms with Gasteiger partial charge in [-0.2, -0.15) is 13.2 Å². The van der Waals surface area contributed by atoms with Gasteiger partial charge in [0, 0.05) is 18.1 Å². The van der Waals surface area contributed by atoms with E-state index in [4.69, 9.17) is 10.5 Å². The van der Waals surface area contributed by atoms with Crippen LogP contribution in [0.25, 0.3) is 0 Å². The molecule has 0 radical (unpaired) electrons. The number of methoxy groups -OCH3 is 1. The average Bonchev–Trinajstić information content (AvgIpc) is 2.31. The largest absolute Gasteiger partial charge is 0.418 e. The van der Waals surface area contributed by atoms with E-state index in [9.17, 15) is 18.0 Å². The van der Waals surface area contributed by atoms with Crippen molar-refractivity contribution in [3.8, 4) is 0 Å². The van der Waals surface area contributed by atoms with Crippen LogP contribution in [0.2, 0.25) is 0 Å². The van der Waals surface area contributed by atoms with E-state index >= 15 is 0 Å². The second-order valence-corrected chi connectivity index (χ2v) is 4.55. The summed E-state index contributed by atoms with van der Waals surface area (Å²) in [6.45, 7) is -0.125. The molecule has 0 aliphatic carbocycles. The van der Waals surface area contributed by atoms with Gasteiger partial charge in [-0.25, -0.2) is 0 Å². The molecule has 1 rings (SSSR count). The fraction of sp³-hybridized carbons (Fsp3) is 0.364. The fourth-order valence-electron chi connectivity index (χ4n) is 1.38. The van der Waals surface area contributed by atoms with E-state index in [1.54, 1.807) is 0 Å². The SMILES string of the molecule is COC(CN)C(=O)Nc1ccc(Br)cc1C(F)(F)F. The lowest BCUT2D eigenvalue weighted by atomic mass is 10.1. The lowest BCUT2D eigenvalue weighted by Crippen LogP contribution is -2.36. The summed E-state index contributed by atoms with van der Waals surface area (Å²) < 4.78 is 43.5. The molecule has 0 heterocycles. The van der Waals surface area contributed by atoms with Gasteiger partial charge in [-0.1, -0.05) is 15.9 Å². The molecule has 0 saturated heterocycles. The van der Waals surface area contributed by atoms with Crippen LogP contribution in [-0.2, 0) is 15.7 Å². The number of amides is 1. The van der Waals surface area contributed by atoms with Crippen LogP contribution in [0.1, 0.15) is 5.56 Å². The van der Waals surface area contributed by atoms with Crippen LogP contribution in [0.15, 0.2) is 22.7 Å². The topological polar surface area (TPSA) is 64.3 Å². The van der Waals surface area contributed by atoms with Crippen molar-refractivity contribution in [3.63, 3.8) is 0 Å². The Bertz CT molecular complexity index is 462. The van der Waals surface area contributed by atoms with Crippen LogP contribution in [0, 0.1) is 0 Å². The Labute approximate surface area is 116 Å². The molecule has 3 N–H and O–H groups in total. The second-order valence-electron chi connectivity index (χ2n) is 3.64. The summed E-state index contributed by atoms with van der Waals surface area (Å²) in [4.78, 5) is 11.6. The highest BCUT2D eigenvalue weighted by atomic mass is 79.9. The standard InChI is InChI=1S/C11H12BrF3N2O2/c1-19-9(5-16)10(18)17-8-3-2-6(12)4-7(8)11(13,14)15/h2-4,9H,5,16H2,1H3,(H,17,18). The van der Waals surface area contributed by atoms with E-state index in [0.29, 0.717) is 0 Å². The highest BCUT2D eigenvalue weighted by Crippen LogP contribution is 2.36. The van der Waals surface area contributed by atoms with Crippen molar-refractivity contribution in [2.45, 2.75) is 12.3 Å². The zero-order valence-electron chi connectivity index (χ0n) is 9.92. The van der Waals surface area contributed by atoms with Gasteiger partial charge in [0.2, 0.25) is 0 Å². The van der Waals surface area contributed by atoms with Gasteiger partial charge in [-0.15, -0.1) is 0 Å². The summed E-state index contributed by atoms with van der Waals surface area (Å²) in [6.07, 6.45) is -5.57. The molecule has 0 spiro atoms. The number of hydrogen-bond donors (Lipinski definition) is 2. The Hall–Kier alpha value is -1.12. The molecule has 0 fully saturated rings. The third-order valence-corrected chi connectivity index (χ3v) is 2.83. The van der Waals surface area contributed by atoms with Gasteiger partial charge in [0.15, 0.2) is 0 Å². The van der Waals surface area contributed by atoms with Gasteiger partial charge < -0.3 is 15.8 Å². The lowest BCUT2D eigenvalue weighted by molar-refractivity contribution is -0.137. The smallest absolute Gasteiger partial charge is 0.370 e. The predicted octanol–water partition coefficient (Wildman–Crippen LogP) is 2.38. The number of alkyl halides is 3. The molecule has 0 saturated carbocycles. The maximum atomic E-state index is 12.8. The first kappa shape index (κ1) is 15.9. The molecule has 0 bridgehead atoms. The normalized spacial score (nSPS) is 13.2. The van der Waals surface area contributed by atoms with Gasteiger partial charge in [-0.05, 0) is 18.2 Å². The molecule has 1 aromatic rings. The van der Waals surface area contributed by atoms with Gasteiger partial charge in [0.25, 0.3) is 5.91 Å². The van der Waals surface area contributed by atoms with Crippen molar-refractivity contribution < 1.29 is 22.7 Å². The number of carbonyl (C=O) groups is 1. The minimum Gasteiger partial charge on any atom is -0.370 e. The highest BCUT2D eigenvalue weighted by Gasteiger charge is 2.34. The van der Waals surface area contributed by atoms with E-state index in [1.165, 1.54) is 13.2 Å². The van der Waals surface area contributed by atoms with Crippen molar-refractivity contribution in [1.29, 1.82) is 0 Å². The number of nitrogens with one attached hydrogen (secondary N) is 1. The van der Waals surface area contributed by atoms with E-state index < -0.39 is 23.8 Å². The minimum atomic E-state index is -4.57. The zero-order valence-corrected chi connectivity index (χ0v) is 11.5. The Morgan fingerprint density at radius 3 is 2.63 bits per heavy atom. The first-order chi connectivity index (χ1) is 8.79. The van der Waals surface area contributed by atoms with Crippen LogP contribution < -0.4 is 11.1 Å². The summed E-state index contributed by atoms with van der Waals surface area (Å²) in [7, 11) is 1.25. The minimum absolute atomic E-state index is 0.125. The Morgan fingerprint density at radius 2 is 2.16 bits per heavy atom. The third kappa shape index (κ3) is 4.19. The van der Waals surface area contributed by atoms with E-state index in [0.717, 1.165) is 12.1 Å². The molecule has 4 nitrogen and oxygen atoms in total. The Morgan fingerprint density at radius 1 is 1.53 bits per heavy atom. The molecule has 0 aromatic heterocycles. The van der Waals surface area contributed by atoms with E-state index in [1.807, 2.05) is 0 Å². The number of halogens is 4. The number of anilines is 1. The molecule has 0 aliphatic rings. The number of ether oxygens (including phenoxy) is 1. The maximum absolute atomic E-state index is 12.8. The summed E-state index contributed by atoms with van der Waals surface area (Å²) in [5, 5.41) is 2.16. The first-order valence-electron chi connectivity index (χ1n) is 5.20. The first-order valence-corrected chi connectivity index (χ1v) is 5.99. The van der Waals surface area contributed by atoms with Crippen LogP contribution >= 0.6 is 15.9 Å². The average molecular weight is 341 g/mol. The molecule has 1 aromatic carbocycles. The molecule has 19 heavy (non-hydrogen) atoms. The lowest BCUT2D eigenvalue weighted by Gasteiger charge is -2.17. The number of hydrogen-bond acceptors (Lipinski definition) is 3. The third-order valence-electron chi connectivity index (χ3n) is 2.34. The fourth-order valence-corrected chi connectivity index (χ4v) is 1.74. The quantitative estimate of drug-likeness (QED) is 0.884. The number of benzene rings is 1. The Balaban J connectivity index is 3.05. The number of carbonyl (C=O) groups excluding carboxylic acids is 1. The number of rotatable bonds is 4. The van der Waals surface area contributed by atoms with Gasteiger partial charge >= 0.3 is 6.18 Å². The van der Waals surface area contributed by atoms with Crippen LogP contribution in [-0.4, -0.2) is 25.7 Å². The van der Waals surface area contributed by atoms with Gasteiger partial charge in [0.1, 0.15) is 6.10 Å². The maximum Gasteiger partial charge on any atom is 0.418 e. The summed E-state index contributed by atoms with van der Waals surface area (Å²) in [5.41, 5.74) is 3.99. The van der Waals surface area contributed by atoms with Crippen molar-refractivity contribution in [3.05, 3.63) is 28.2 Å². The van der Waals surface area contributed by atoms with Crippen molar-refractivity contribution in [2.75, 3.05) is 19.0 Å². The van der Waals surface area contributed by atoms with Crippen LogP contribution in [0.3, 0.4) is 0 Å². The second kappa shape index (κ2) is 6.36. The summed E-state index contributed by atoms with van der Waals surface area (Å²) in [6, 6.07) is 3.45. The van der Waals surface area contributed by atoms with Crippen LogP contribution in [0.4, 0.5) is 18.9 Å². The van der Waals surface area contributed by atoms with Crippen molar-refractivity contribution >= 4 is 27.5 Å². The van der Waals surface area contributed by atoms with Crippen LogP contribution in [0.5, 0.6) is 0 Å². The zero-order chi connectivity index (χ0) is 14.6. The molecule has 1 unspecified atom stereocenters. The molecule has 0 aliphatic heterocycles. The van der Waals surface area contributed by atoms with Crippen molar-refractivity contribution in [2.24, 2.45) is 5.73 Å². The number of nitrogens with two attached hydrogens (primary N) is 1. The molecular weight excluding hydrogens is 329 g/mol. The van der Waals surface area contributed by atoms with Crippen molar-refractivity contribution in [1.82, 2.24) is 0 Å². The van der Waals surface area contributed by atoms with Gasteiger partial charge in [0.05, 0.1) is 11.3 Å². The molecule has 1 atom stereocenters. The predicted molar refractivity (Wildman–Crippen MR) is 67.6 cm³/mol. The monoisotopic (exact) mass is 340 g/mol. The Kier molecular flexibility index (Phi) is 5.33. The molecule has 106 valence electrons. The highest BCUT2D eigenvalue weighted by molar-refractivity contribution is 9.10. The molecule has 1 amide bonds. The van der Waals surface area contributed by atoms with Gasteiger partial charge in [-0.3, -0.25) is 4.79 Å². The van der Waals surface area contributed by atoms with E-state index in [2.05, 4.69) is 21.2 Å². The molecule has 8 heteroatoms. The summed E-state index contributed by atoms with van der Waals surface area (Å²) >= 11 is 2.95. The summed E-state index contributed by atoms with van der Waals surface area (Å²) in [5.74, 6) is -0.724. The molecular formula is C11H12BrF3N2O2.